The molecule has 3 heteroatoms. The molecule has 1 aromatic carbocycles. The van der Waals surface area contributed by atoms with Crippen LogP contribution in [0.15, 0.2) is 34.2 Å². The predicted octanol–water partition coefficient (Wildman–Crippen LogP) is 4.59. The average Bonchev–Trinajstić information content (AvgIpc) is 2.78. The van der Waals surface area contributed by atoms with Gasteiger partial charge in [-0.2, -0.15) is 4.99 Å². The number of allylic oxidation sites excluding steroid dienone is 1. The van der Waals surface area contributed by atoms with Crippen LogP contribution in [-0.4, -0.2) is 6.08 Å². The van der Waals surface area contributed by atoms with Gasteiger partial charge in [-0.15, -0.1) is 0 Å². The van der Waals surface area contributed by atoms with Crippen molar-refractivity contribution in [2.75, 3.05) is 0 Å². The Balaban J connectivity index is 2.54. The van der Waals surface area contributed by atoms with Crippen molar-refractivity contribution < 1.29 is 4.79 Å². The third-order valence-corrected chi connectivity index (χ3v) is 4.08. The summed E-state index contributed by atoms with van der Waals surface area (Å²) in [6, 6.07) is 6.19. The third-order valence-electron chi connectivity index (χ3n) is 3.62. The summed E-state index contributed by atoms with van der Waals surface area (Å²) in [5.74, 6) is 0. The van der Waals surface area contributed by atoms with Gasteiger partial charge in [-0.1, -0.05) is 40.9 Å². The molecule has 1 aromatic rings. The molecule has 0 atom stereocenters. The first kappa shape index (κ1) is 13.3. The molecule has 94 valence electrons. The zero-order chi connectivity index (χ0) is 13.2. The average molecular weight is 306 g/mol. The Morgan fingerprint density at radius 1 is 1.39 bits per heavy atom. The van der Waals surface area contributed by atoms with E-state index in [2.05, 4.69) is 39.6 Å². The first-order valence-electron chi connectivity index (χ1n) is 6.13. The molecule has 0 bridgehead atoms. The quantitative estimate of drug-likeness (QED) is 0.593. The number of hydrogen-bond donors (Lipinski definition) is 0. The van der Waals surface area contributed by atoms with E-state index in [-0.39, 0.29) is 5.54 Å². The van der Waals surface area contributed by atoms with Crippen LogP contribution < -0.4 is 0 Å². The van der Waals surface area contributed by atoms with Gasteiger partial charge in [0.15, 0.2) is 0 Å². The zero-order valence-electron chi connectivity index (χ0n) is 10.5. The van der Waals surface area contributed by atoms with E-state index in [1.54, 1.807) is 6.08 Å². The first-order valence-corrected chi connectivity index (χ1v) is 6.93. The molecular weight excluding hydrogens is 290 g/mol. The molecule has 1 aliphatic carbocycles. The van der Waals surface area contributed by atoms with E-state index in [0.717, 1.165) is 46.9 Å². The fourth-order valence-electron chi connectivity index (χ4n) is 2.62. The second-order valence-corrected chi connectivity index (χ2v) is 5.87. The molecule has 1 fully saturated rings. The fourth-order valence-corrected chi connectivity index (χ4v) is 3.11. The van der Waals surface area contributed by atoms with Crippen molar-refractivity contribution in [3.8, 4) is 0 Å². The predicted molar refractivity (Wildman–Crippen MR) is 77.1 cm³/mol. The highest BCUT2D eigenvalue weighted by Crippen LogP contribution is 2.43. The molecule has 2 nitrogen and oxygen atoms in total. The van der Waals surface area contributed by atoms with Crippen LogP contribution in [0.3, 0.4) is 0 Å². The highest BCUT2D eigenvalue weighted by atomic mass is 79.9. The summed E-state index contributed by atoms with van der Waals surface area (Å²) in [5.41, 5.74) is 2.83. The molecule has 0 unspecified atom stereocenters. The van der Waals surface area contributed by atoms with Crippen molar-refractivity contribution >= 4 is 27.6 Å². The number of isocyanates is 1. The summed E-state index contributed by atoms with van der Waals surface area (Å²) in [5, 5.41) is 0. The number of rotatable bonds is 3. The van der Waals surface area contributed by atoms with E-state index in [0.29, 0.717) is 0 Å². The molecule has 0 N–H and O–H groups in total. The summed E-state index contributed by atoms with van der Waals surface area (Å²) < 4.78 is 1.00. The number of benzene rings is 1. The summed E-state index contributed by atoms with van der Waals surface area (Å²) >= 11 is 3.52. The standard InChI is InChI=1S/C15H16BrNO/c1-11(2)12-7-13(9-14(16)8-12)15(17-10-18)5-3-4-6-15/h7-9H,1,3-6H2,2H3. The van der Waals surface area contributed by atoms with Crippen molar-refractivity contribution in [1.29, 1.82) is 0 Å². The number of carbonyl (C=O) groups excluding carboxylic acids is 1. The van der Waals surface area contributed by atoms with E-state index >= 15 is 0 Å². The number of nitrogens with zero attached hydrogens (tertiary/aromatic N) is 1. The molecule has 0 radical (unpaired) electrons. The van der Waals surface area contributed by atoms with Crippen LogP contribution in [-0.2, 0) is 10.3 Å². The third kappa shape index (κ3) is 2.47. The Hall–Kier alpha value is -1.18. The summed E-state index contributed by atoms with van der Waals surface area (Å²) in [4.78, 5) is 14.8. The Labute approximate surface area is 116 Å². The largest absolute Gasteiger partial charge is 0.235 e. The molecule has 1 saturated carbocycles. The lowest BCUT2D eigenvalue weighted by Gasteiger charge is -2.24. The van der Waals surface area contributed by atoms with E-state index < -0.39 is 0 Å². The van der Waals surface area contributed by atoms with Crippen LogP contribution in [0.2, 0.25) is 0 Å². The topological polar surface area (TPSA) is 29.4 Å². The molecule has 18 heavy (non-hydrogen) atoms. The second kappa shape index (κ2) is 5.21. The van der Waals surface area contributed by atoms with E-state index in [1.165, 1.54) is 0 Å². The van der Waals surface area contributed by atoms with Gasteiger partial charge in [0.2, 0.25) is 6.08 Å². The van der Waals surface area contributed by atoms with Gasteiger partial charge in [0.25, 0.3) is 0 Å². The molecule has 0 heterocycles. The van der Waals surface area contributed by atoms with Crippen LogP contribution in [0.1, 0.15) is 43.7 Å². The Morgan fingerprint density at radius 3 is 2.61 bits per heavy atom. The van der Waals surface area contributed by atoms with Gasteiger partial charge in [0.1, 0.15) is 0 Å². The first-order chi connectivity index (χ1) is 8.57. The summed E-state index contributed by atoms with van der Waals surface area (Å²) in [6.07, 6.45) is 5.83. The molecule has 0 aromatic heterocycles. The molecule has 1 aliphatic rings. The lowest BCUT2D eigenvalue weighted by Crippen LogP contribution is -2.19. The zero-order valence-corrected chi connectivity index (χ0v) is 12.1. The van der Waals surface area contributed by atoms with E-state index in [4.69, 9.17) is 0 Å². The maximum Gasteiger partial charge on any atom is 0.235 e. The fraction of sp³-hybridized carbons (Fsp3) is 0.400. The number of hydrogen-bond acceptors (Lipinski definition) is 2. The van der Waals surface area contributed by atoms with Crippen molar-refractivity contribution in [3.63, 3.8) is 0 Å². The lowest BCUT2D eigenvalue weighted by molar-refractivity contribution is 0.455. The monoisotopic (exact) mass is 305 g/mol. The van der Waals surface area contributed by atoms with Gasteiger partial charge in [-0.25, -0.2) is 4.79 Å². The van der Waals surface area contributed by atoms with E-state index in [1.807, 2.05) is 13.0 Å². The highest BCUT2D eigenvalue weighted by Gasteiger charge is 2.36. The molecule has 0 amide bonds. The molecule has 0 aliphatic heterocycles. The van der Waals surface area contributed by atoms with Crippen molar-refractivity contribution in [2.24, 2.45) is 4.99 Å². The van der Waals surface area contributed by atoms with Gasteiger partial charge in [-0.05, 0) is 49.1 Å². The van der Waals surface area contributed by atoms with Crippen LogP contribution >= 0.6 is 15.9 Å². The van der Waals surface area contributed by atoms with Gasteiger partial charge in [0.05, 0.1) is 5.54 Å². The minimum absolute atomic E-state index is 0.365. The lowest BCUT2D eigenvalue weighted by atomic mass is 9.87. The minimum Gasteiger partial charge on any atom is -0.211 e. The summed E-state index contributed by atoms with van der Waals surface area (Å²) in [7, 11) is 0. The maximum absolute atomic E-state index is 10.7. The highest BCUT2D eigenvalue weighted by molar-refractivity contribution is 9.10. The van der Waals surface area contributed by atoms with Gasteiger partial charge >= 0.3 is 0 Å². The van der Waals surface area contributed by atoms with Crippen molar-refractivity contribution in [1.82, 2.24) is 0 Å². The second-order valence-electron chi connectivity index (χ2n) is 4.95. The van der Waals surface area contributed by atoms with Crippen molar-refractivity contribution in [3.05, 3.63) is 40.4 Å². The molecular formula is C15H16BrNO. The number of halogens is 1. The number of aliphatic imine (C=N–C) groups is 1. The van der Waals surface area contributed by atoms with Crippen molar-refractivity contribution in [2.45, 2.75) is 38.1 Å². The van der Waals surface area contributed by atoms with Crippen LogP contribution in [0.5, 0.6) is 0 Å². The molecule has 2 rings (SSSR count). The SMILES string of the molecule is C=C(C)c1cc(Br)cc(C2(N=C=O)CCCC2)c1. The summed E-state index contributed by atoms with van der Waals surface area (Å²) in [6.45, 7) is 5.96. The Morgan fingerprint density at radius 2 is 2.06 bits per heavy atom. The normalized spacial score (nSPS) is 17.2. The van der Waals surface area contributed by atoms with Crippen LogP contribution in [0.4, 0.5) is 0 Å². The van der Waals surface area contributed by atoms with E-state index in [9.17, 15) is 4.79 Å². The molecule has 0 spiro atoms. The maximum atomic E-state index is 10.7. The minimum atomic E-state index is -0.365. The smallest absolute Gasteiger partial charge is 0.211 e. The van der Waals surface area contributed by atoms with Gasteiger partial charge in [0, 0.05) is 4.47 Å². The molecule has 0 saturated heterocycles. The van der Waals surface area contributed by atoms with Gasteiger partial charge < -0.3 is 0 Å². The Kier molecular flexibility index (Phi) is 3.84. The van der Waals surface area contributed by atoms with Crippen LogP contribution in [0.25, 0.3) is 5.57 Å². The van der Waals surface area contributed by atoms with Crippen LogP contribution in [0, 0.1) is 0 Å². The van der Waals surface area contributed by atoms with Gasteiger partial charge in [-0.3, -0.25) is 0 Å². The Bertz CT molecular complexity index is 523.